The molecule has 1 aliphatic heterocycles. The van der Waals surface area contributed by atoms with Crippen LogP contribution < -0.4 is 0 Å². The first kappa shape index (κ1) is 14.7. The van der Waals surface area contributed by atoms with Gasteiger partial charge in [0.25, 0.3) is 0 Å². The van der Waals surface area contributed by atoms with E-state index in [0.29, 0.717) is 0 Å². The summed E-state index contributed by atoms with van der Waals surface area (Å²) in [7, 11) is -3.79. The number of morpholine rings is 1. The van der Waals surface area contributed by atoms with Crippen LogP contribution in [0.25, 0.3) is 0 Å². The third kappa shape index (κ3) is 2.63. The zero-order valence-electron chi connectivity index (χ0n) is 10.00. The van der Waals surface area contributed by atoms with E-state index in [1.807, 2.05) is 0 Å². The maximum absolute atomic E-state index is 12.4. The lowest BCUT2D eigenvalue weighted by molar-refractivity contribution is -0.170. The van der Waals surface area contributed by atoms with E-state index < -0.39 is 21.6 Å². The van der Waals surface area contributed by atoms with Crippen LogP contribution in [0.15, 0.2) is 15.7 Å². The van der Waals surface area contributed by atoms with Crippen LogP contribution in [0.1, 0.15) is 6.92 Å². The van der Waals surface area contributed by atoms with Gasteiger partial charge >= 0.3 is 5.97 Å². The molecule has 106 valence electrons. The average molecular weight is 326 g/mol. The number of sulfonamides is 1. The normalized spacial score (nSPS) is 25.4. The van der Waals surface area contributed by atoms with Crippen molar-refractivity contribution >= 4 is 38.9 Å². The van der Waals surface area contributed by atoms with Crippen molar-refractivity contribution in [1.82, 2.24) is 4.31 Å². The second kappa shape index (κ2) is 5.02. The van der Waals surface area contributed by atoms with Gasteiger partial charge in [-0.3, -0.25) is 0 Å². The second-order valence-electron chi connectivity index (χ2n) is 4.31. The second-order valence-corrected chi connectivity index (χ2v) is 7.36. The first-order chi connectivity index (χ1) is 8.77. The summed E-state index contributed by atoms with van der Waals surface area (Å²) in [6, 6.07) is 0. The van der Waals surface area contributed by atoms with Crippen LogP contribution in [0, 0.1) is 0 Å². The van der Waals surface area contributed by atoms with Crippen molar-refractivity contribution in [2.24, 2.45) is 0 Å². The summed E-state index contributed by atoms with van der Waals surface area (Å²) < 4.78 is 31.0. The number of halogens is 1. The molecule has 1 aliphatic rings. The molecule has 6 nitrogen and oxygen atoms in total. The SMILES string of the molecule is CC1(C(=O)O)CN(S(=O)(=O)c2cscc2Cl)CCO1. The van der Waals surface area contributed by atoms with E-state index in [4.69, 9.17) is 21.4 Å². The van der Waals surface area contributed by atoms with Crippen molar-refractivity contribution in [3.8, 4) is 0 Å². The van der Waals surface area contributed by atoms with Gasteiger partial charge in [0.1, 0.15) is 4.90 Å². The number of carboxylic acid groups (broad SMARTS) is 1. The van der Waals surface area contributed by atoms with E-state index in [9.17, 15) is 13.2 Å². The molecule has 0 bridgehead atoms. The largest absolute Gasteiger partial charge is 0.479 e. The van der Waals surface area contributed by atoms with Crippen molar-refractivity contribution in [3.63, 3.8) is 0 Å². The molecule has 2 heterocycles. The number of hydrogen-bond acceptors (Lipinski definition) is 5. The molecule has 0 aromatic carbocycles. The maximum atomic E-state index is 12.4. The van der Waals surface area contributed by atoms with Crippen molar-refractivity contribution in [3.05, 3.63) is 15.8 Å². The van der Waals surface area contributed by atoms with Gasteiger partial charge in [-0.1, -0.05) is 11.6 Å². The highest BCUT2D eigenvalue weighted by atomic mass is 35.5. The molecule has 1 unspecified atom stereocenters. The highest BCUT2D eigenvalue weighted by Gasteiger charge is 2.43. The van der Waals surface area contributed by atoms with Gasteiger partial charge in [-0.05, 0) is 6.92 Å². The average Bonchev–Trinajstić information content (AvgIpc) is 2.76. The molecule has 1 aromatic rings. The zero-order chi connectivity index (χ0) is 14.3. The fraction of sp³-hybridized carbons (Fsp3) is 0.500. The van der Waals surface area contributed by atoms with Crippen LogP contribution in [0.3, 0.4) is 0 Å². The van der Waals surface area contributed by atoms with Gasteiger partial charge in [0, 0.05) is 17.3 Å². The van der Waals surface area contributed by atoms with Crippen molar-refractivity contribution in [1.29, 1.82) is 0 Å². The van der Waals surface area contributed by atoms with Crippen LogP contribution in [-0.2, 0) is 19.6 Å². The minimum Gasteiger partial charge on any atom is -0.479 e. The standard InChI is InChI=1S/C10H12ClNO5S2/c1-10(9(13)14)6-12(2-3-17-10)19(15,16)8-5-18-4-7(8)11/h4-5H,2-3,6H2,1H3,(H,13,14). The predicted molar refractivity (Wildman–Crippen MR) is 70.1 cm³/mol. The highest BCUT2D eigenvalue weighted by molar-refractivity contribution is 7.89. The van der Waals surface area contributed by atoms with Crippen LogP contribution >= 0.6 is 22.9 Å². The van der Waals surface area contributed by atoms with E-state index in [0.717, 1.165) is 4.31 Å². The maximum Gasteiger partial charge on any atom is 0.337 e. The molecule has 0 radical (unpaired) electrons. The molecule has 0 aliphatic carbocycles. The number of aliphatic carboxylic acids is 1. The molecule has 1 fully saturated rings. The zero-order valence-corrected chi connectivity index (χ0v) is 12.4. The van der Waals surface area contributed by atoms with E-state index in [2.05, 4.69) is 0 Å². The highest BCUT2D eigenvalue weighted by Crippen LogP contribution is 2.30. The molecule has 0 spiro atoms. The summed E-state index contributed by atoms with van der Waals surface area (Å²) in [4.78, 5) is 11.1. The summed E-state index contributed by atoms with van der Waals surface area (Å²) in [5.74, 6) is -1.19. The Balaban J connectivity index is 2.32. The lowest BCUT2D eigenvalue weighted by Crippen LogP contribution is -2.56. The number of carboxylic acids is 1. The smallest absolute Gasteiger partial charge is 0.337 e. The van der Waals surface area contributed by atoms with Gasteiger partial charge in [0.15, 0.2) is 5.60 Å². The van der Waals surface area contributed by atoms with E-state index >= 15 is 0 Å². The Kier molecular flexibility index (Phi) is 3.90. The Bertz CT molecular complexity index is 599. The van der Waals surface area contributed by atoms with Gasteiger partial charge in [0.2, 0.25) is 10.0 Å². The first-order valence-corrected chi connectivity index (χ1v) is 8.13. The van der Waals surface area contributed by atoms with Crippen LogP contribution in [0.5, 0.6) is 0 Å². The predicted octanol–water partition coefficient (Wildman–Crippen LogP) is 1.27. The first-order valence-electron chi connectivity index (χ1n) is 5.36. The Morgan fingerprint density at radius 2 is 2.26 bits per heavy atom. The van der Waals surface area contributed by atoms with Crippen LogP contribution in [0.4, 0.5) is 0 Å². The molecular formula is C10H12ClNO5S2. The lowest BCUT2D eigenvalue weighted by Gasteiger charge is -2.36. The Labute approximate surface area is 119 Å². The molecule has 0 amide bonds. The van der Waals surface area contributed by atoms with Crippen molar-refractivity contribution in [2.45, 2.75) is 17.4 Å². The monoisotopic (exact) mass is 325 g/mol. The Morgan fingerprint density at radius 3 is 2.79 bits per heavy atom. The minimum absolute atomic E-state index is 0.00815. The molecule has 2 rings (SSSR count). The van der Waals surface area contributed by atoms with Crippen LogP contribution in [-0.4, -0.2) is 49.1 Å². The molecule has 1 aromatic heterocycles. The van der Waals surface area contributed by atoms with Gasteiger partial charge in [0.05, 0.1) is 18.2 Å². The van der Waals surface area contributed by atoms with E-state index in [1.54, 1.807) is 0 Å². The van der Waals surface area contributed by atoms with Crippen molar-refractivity contribution < 1.29 is 23.1 Å². The molecule has 1 saturated heterocycles. The van der Waals surface area contributed by atoms with E-state index in [-0.39, 0.29) is 29.6 Å². The summed E-state index contributed by atoms with van der Waals surface area (Å²) in [6.45, 7) is 1.25. The third-order valence-electron chi connectivity index (χ3n) is 2.89. The molecule has 19 heavy (non-hydrogen) atoms. The van der Waals surface area contributed by atoms with Crippen molar-refractivity contribution in [2.75, 3.05) is 19.7 Å². The summed E-state index contributed by atoms with van der Waals surface area (Å²) in [6.07, 6.45) is 0. The number of carbonyl (C=O) groups is 1. The molecule has 1 N–H and O–H groups in total. The summed E-state index contributed by atoms with van der Waals surface area (Å²) >= 11 is 7.01. The number of thiophene rings is 1. The lowest BCUT2D eigenvalue weighted by atomic mass is 10.1. The molecular weight excluding hydrogens is 314 g/mol. The quantitative estimate of drug-likeness (QED) is 0.904. The molecule has 0 saturated carbocycles. The fourth-order valence-electron chi connectivity index (χ4n) is 1.76. The van der Waals surface area contributed by atoms with E-state index in [1.165, 1.54) is 29.0 Å². The Morgan fingerprint density at radius 1 is 1.58 bits per heavy atom. The number of hydrogen-bond donors (Lipinski definition) is 1. The molecule has 9 heteroatoms. The van der Waals surface area contributed by atoms with Gasteiger partial charge in [-0.2, -0.15) is 4.31 Å². The number of rotatable bonds is 3. The van der Waals surface area contributed by atoms with Crippen LogP contribution in [0.2, 0.25) is 5.02 Å². The fourth-order valence-corrected chi connectivity index (χ4v) is 4.93. The number of nitrogens with zero attached hydrogens (tertiary/aromatic N) is 1. The Hall–Kier alpha value is -0.670. The summed E-state index contributed by atoms with van der Waals surface area (Å²) in [5, 5.41) is 12.2. The van der Waals surface area contributed by atoms with Gasteiger partial charge in [-0.15, -0.1) is 11.3 Å². The molecule has 1 atom stereocenters. The number of ether oxygens (including phenoxy) is 1. The minimum atomic E-state index is -3.79. The third-order valence-corrected chi connectivity index (χ3v) is 6.22. The summed E-state index contributed by atoms with van der Waals surface area (Å²) in [5.41, 5.74) is -1.53. The topological polar surface area (TPSA) is 83.9 Å². The van der Waals surface area contributed by atoms with Gasteiger partial charge in [-0.25, -0.2) is 13.2 Å². The van der Waals surface area contributed by atoms with Gasteiger partial charge < -0.3 is 9.84 Å².